The van der Waals surface area contributed by atoms with Gasteiger partial charge in [-0.2, -0.15) is 13.2 Å². The van der Waals surface area contributed by atoms with E-state index in [4.69, 9.17) is 10.3 Å². The molecule has 2 aromatic heterocycles. The van der Waals surface area contributed by atoms with Gasteiger partial charge in [0.1, 0.15) is 17.4 Å². The summed E-state index contributed by atoms with van der Waals surface area (Å²) < 4.78 is 43.6. The maximum Gasteiger partial charge on any atom is 0.416 e. The van der Waals surface area contributed by atoms with Crippen LogP contribution >= 0.6 is 0 Å². The third-order valence-electron chi connectivity index (χ3n) is 2.67. The van der Waals surface area contributed by atoms with Crippen LogP contribution < -0.4 is 16.6 Å². The summed E-state index contributed by atoms with van der Waals surface area (Å²) in [4.78, 5) is 7.89. The number of pyridine rings is 1. The number of nitrogens with two attached hydrogens (primary N) is 1. The lowest BCUT2D eigenvalue weighted by Crippen LogP contribution is -2.14. The van der Waals surface area contributed by atoms with Gasteiger partial charge in [-0.05, 0) is 12.1 Å². The van der Waals surface area contributed by atoms with Crippen LogP contribution in [0.5, 0.6) is 0 Å². The smallest absolute Gasteiger partial charge is 0.416 e. The van der Waals surface area contributed by atoms with Gasteiger partial charge in [0.2, 0.25) is 5.89 Å². The fraction of sp³-hybridized carbons (Fsp3) is 0.333. The van der Waals surface area contributed by atoms with Crippen LogP contribution in [-0.4, -0.2) is 9.97 Å². The van der Waals surface area contributed by atoms with Crippen LogP contribution in [-0.2, 0) is 19.1 Å². The van der Waals surface area contributed by atoms with Crippen LogP contribution in [0, 0.1) is 0 Å². The van der Waals surface area contributed by atoms with Gasteiger partial charge in [-0.3, -0.25) is 0 Å². The van der Waals surface area contributed by atoms with E-state index in [0.717, 1.165) is 12.1 Å². The normalized spacial score (nSPS) is 11.5. The van der Waals surface area contributed by atoms with Gasteiger partial charge in [0.15, 0.2) is 0 Å². The van der Waals surface area contributed by atoms with Gasteiger partial charge < -0.3 is 15.2 Å². The first-order valence-electron chi connectivity index (χ1n) is 6.15. The zero-order valence-corrected chi connectivity index (χ0v) is 11.2. The lowest BCUT2D eigenvalue weighted by atomic mass is 10.2. The Bertz CT molecular complexity index is 611. The van der Waals surface area contributed by atoms with E-state index < -0.39 is 11.7 Å². The second-order valence-electron chi connectivity index (χ2n) is 4.20. The Morgan fingerprint density at radius 1 is 1.29 bits per heavy atom. The number of hydrazine groups is 1. The summed E-state index contributed by atoms with van der Waals surface area (Å²) in [6.07, 6.45) is -2.22. The van der Waals surface area contributed by atoms with Crippen LogP contribution in [0.15, 0.2) is 22.7 Å². The van der Waals surface area contributed by atoms with Gasteiger partial charge in [0.05, 0.1) is 18.3 Å². The predicted octanol–water partition coefficient (Wildman–Crippen LogP) is 2.55. The standard InChI is InChI=1S/C12H14F3N5O/c1-2-8-5-18-11(21-8)6-17-9-3-7(12(13,14)15)4-10(19-9)20-16/h3-5H,2,6,16H2,1H3,(H2,17,19,20). The predicted molar refractivity (Wildman–Crippen MR) is 70.3 cm³/mol. The molecule has 4 N–H and O–H groups in total. The van der Waals surface area contributed by atoms with Crippen LogP contribution in [0.25, 0.3) is 0 Å². The number of anilines is 2. The van der Waals surface area contributed by atoms with Crippen molar-refractivity contribution < 1.29 is 17.6 Å². The van der Waals surface area contributed by atoms with Gasteiger partial charge in [0, 0.05) is 6.42 Å². The van der Waals surface area contributed by atoms with E-state index >= 15 is 0 Å². The molecule has 0 aliphatic rings. The maximum absolute atomic E-state index is 12.7. The molecule has 0 spiro atoms. The fourth-order valence-corrected chi connectivity index (χ4v) is 1.62. The highest BCUT2D eigenvalue weighted by molar-refractivity contribution is 5.49. The van der Waals surface area contributed by atoms with Gasteiger partial charge in [-0.1, -0.05) is 6.92 Å². The Morgan fingerprint density at radius 3 is 2.57 bits per heavy atom. The van der Waals surface area contributed by atoms with Crippen molar-refractivity contribution in [3.05, 3.63) is 35.5 Å². The van der Waals surface area contributed by atoms with Crippen LogP contribution in [0.4, 0.5) is 24.8 Å². The fourth-order valence-electron chi connectivity index (χ4n) is 1.62. The van der Waals surface area contributed by atoms with Crippen molar-refractivity contribution in [2.45, 2.75) is 26.1 Å². The summed E-state index contributed by atoms with van der Waals surface area (Å²) in [5.41, 5.74) is 1.25. The van der Waals surface area contributed by atoms with Crippen molar-refractivity contribution in [2.24, 2.45) is 5.84 Å². The Hall–Kier alpha value is -2.29. The second kappa shape index (κ2) is 6.00. The number of alkyl halides is 3. The van der Waals surface area contributed by atoms with Gasteiger partial charge >= 0.3 is 6.18 Å². The van der Waals surface area contributed by atoms with Crippen molar-refractivity contribution in [1.82, 2.24) is 9.97 Å². The highest BCUT2D eigenvalue weighted by Gasteiger charge is 2.31. The molecule has 0 aromatic carbocycles. The lowest BCUT2D eigenvalue weighted by molar-refractivity contribution is -0.137. The molecule has 0 amide bonds. The first-order chi connectivity index (χ1) is 9.92. The summed E-state index contributed by atoms with van der Waals surface area (Å²) in [7, 11) is 0. The minimum Gasteiger partial charge on any atom is -0.444 e. The molecule has 0 aliphatic heterocycles. The highest BCUT2D eigenvalue weighted by atomic mass is 19.4. The van der Waals surface area contributed by atoms with Crippen molar-refractivity contribution in [3.63, 3.8) is 0 Å². The second-order valence-corrected chi connectivity index (χ2v) is 4.20. The zero-order chi connectivity index (χ0) is 15.5. The summed E-state index contributed by atoms with van der Waals surface area (Å²) in [5.74, 6) is 6.13. The molecule has 21 heavy (non-hydrogen) atoms. The minimum absolute atomic E-state index is 0.0222. The molecule has 2 heterocycles. The number of aryl methyl sites for hydroxylation is 1. The zero-order valence-electron chi connectivity index (χ0n) is 11.2. The number of nitrogens with one attached hydrogen (secondary N) is 2. The molecule has 9 heteroatoms. The first kappa shape index (κ1) is 15.1. The molecule has 0 saturated heterocycles. The topological polar surface area (TPSA) is 89.0 Å². The Labute approximate surface area is 118 Å². The summed E-state index contributed by atoms with van der Waals surface area (Å²) in [5, 5.41) is 2.72. The quantitative estimate of drug-likeness (QED) is 0.581. The summed E-state index contributed by atoms with van der Waals surface area (Å²) in [6.45, 7) is 2.03. The number of nitrogen functional groups attached to an aromatic ring is 1. The number of rotatable bonds is 5. The maximum atomic E-state index is 12.7. The largest absolute Gasteiger partial charge is 0.444 e. The van der Waals surface area contributed by atoms with E-state index in [0.29, 0.717) is 18.1 Å². The minimum atomic E-state index is -4.48. The first-order valence-corrected chi connectivity index (χ1v) is 6.15. The van der Waals surface area contributed by atoms with Crippen molar-refractivity contribution >= 4 is 11.6 Å². The van der Waals surface area contributed by atoms with Gasteiger partial charge in [-0.15, -0.1) is 0 Å². The van der Waals surface area contributed by atoms with E-state index in [1.54, 1.807) is 6.20 Å². The SMILES string of the molecule is CCc1cnc(CNc2cc(C(F)(F)F)cc(NN)n2)o1. The summed E-state index contributed by atoms with van der Waals surface area (Å²) >= 11 is 0. The van der Waals surface area contributed by atoms with E-state index in [1.807, 2.05) is 6.92 Å². The Balaban J connectivity index is 2.15. The van der Waals surface area contributed by atoms with E-state index in [9.17, 15) is 13.2 Å². The number of aromatic nitrogens is 2. The van der Waals surface area contributed by atoms with E-state index in [1.165, 1.54) is 0 Å². The van der Waals surface area contributed by atoms with Gasteiger partial charge in [0.25, 0.3) is 0 Å². The average molecular weight is 301 g/mol. The molecule has 2 aromatic rings. The molecule has 0 unspecified atom stereocenters. The molecule has 0 radical (unpaired) electrons. The third-order valence-corrected chi connectivity index (χ3v) is 2.67. The van der Waals surface area contributed by atoms with Crippen molar-refractivity contribution in [1.29, 1.82) is 0 Å². The monoisotopic (exact) mass is 301 g/mol. The molecule has 114 valence electrons. The van der Waals surface area contributed by atoms with Crippen LogP contribution in [0.2, 0.25) is 0 Å². The van der Waals surface area contributed by atoms with Gasteiger partial charge in [-0.25, -0.2) is 15.8 Å². The van der Waals surface area contributed by atoms with E-state index in [-0.39, 0.29) is 18.2 Å². The van der Waals surface area contributed by atoms with Crippen molar-refractivity contribution in [3.8, 4) is 0 Å². The number of oxazole rings is 1. The number of halogens is 3. The molecule has 0 saturated carbocycles. The number of hydrogen-bond donors (Lipinski definition) is 3. The molecule has 0 bridgehead atoms. The lowest BCUT2D eigenvalue weighted by Gasteiger charge is -2.11. The number of nitrogens with zero attached hydrogens (tertiary/aromatic N) is 2. The van der Waals surface area contributed by atoms with E-state index in [2.05, 4.69) is 20.7 Å². The molecular weight excluding hydrogens is 287 g/mol. The number of hydrogen-bond acceptors (Lipinski definition) is 6. The molecular formula is C12H14F3N5O. The van der Waals surface area contributed by atoms with Crippen LogP contribution in [0.1, 0.15) is 24.1 Å². The highest BCUT2D eigenvalue weighted by Crippen LogP contribution is 2.31. The molecule has 0 fully saturated rings. The average Bonchev–Trinajstić information content (AvgIpc) is 2.92. The van der Waals surface area contributed by atoms with Crippen molar-refractivity contribution in [2.75, 3.05) is 10.7 Å². The van der Waals surface area contributed by atoms with Crippen LogP contribution in [0.3, 0.4) is 0 Å². The molecule has 0 aliphatic carbocycles. The summed E-state index contributed by atoms with van der Waals surface area (Å²) in [6, 6.07) is 1.72. The third kappa shape index (κ3) is 3.85. The molecule has 0 atom stereocenters. The Kier molecular flexibility index (Phi) is 4.32. The Morgan fingerprint density at radius 2 is 2.00 bits per heavy atom. The molecule has 2 rings (SSSR count). The molecule has 6 nitrogen and oxygen atoms in total.